The van der Waals surface area contributed by atoms with E-state index in [2.05, 4.69) is 0 Å². The Kier molecular flexibility index (Phi) is 3.71. The van der Waals surface area contributed by atoms with E-state index in [4.69, 9.17) is 9.52 Å². The molecule has 6 nitrogen and oxygen atoms in total. The van der Waals surface area contributed by atoms with Crippen LogP contribution in [0.1, 0.15) is 23.9 Å². The van der Waals surface area contributed by atoms with Crippen molar-refractivity contribution in [1.29, 1.82) is 0 Å². The van der Waals surface area contributed by atoms with Crippen molar-refractivity contribution in [1.82, 2.24) is 4.31 Å². The summed E-state index contributed by atoms with van der Waals surface area (Å²) in [5, 5.41) is 8.26. The molecule has 1 heterocycles. The minimum Gasteiger partial charge on any atom is -0.475 e. The average Bonchev–Trinajstić information content (AvgIpc) is 2.67. The van der Waals surface area contributed by atoms with Gasteiger partial charge in [0.05, 0.1) is 0 Å². The number of aromatic carboxylic acids is 1. The molecule has 16 heavy (non-hydrogen) atoms. The molecule has 0 radical (unpaired) electrons. The zero-order valence-electron chi connectivity index (χ0n) is 9.00. The van der Waals surface area contributed by atoms with Gasteiger partial charge in [-0.3, -0.25) is 0 Å². The van der Waals surface area contributed by atoms with Crippen LogP contribution < -0.4 is 0 Å². The van der Waals surface area contributed by atoms with E-state index in [1.807, 2.05) is 6.92 Å². The number of rotatable bonds is 5. The summed E-state index contributed by atoms with van der Waals surface area (Å²) in [4.78, 5) is 10.5. The Labute approximate surface area is 93.5 Å². The third-order valence-electron chi connectivity index (χ3n) is 2.00. The van der Waals surface area contributed by atoms with Gasteiger partial charge < -0.3 is 9.52 Å². The maximum absolute atomic E-state index is 11.8. The molecule has 0 bridgehead atoms. The van der Waals surface area contributed by atoms with Crippen molar-refractivity contribution in [3.8, 4) is 0 Å². The van der Waals surface area contributed by atoms with Gasteiger partial charge in [0.1, 0.15) is 0 Å². The fourth-order valence-corrected chi connectivity index (χ4v) is 2.33. The van der Waals surface area contributed by atoms with E-state index < -0.39 is 16.0 Å². The van der Waals surface area contributed by atoms with Gasteiger partial charge in [0.15, 0.2) is 0 Å². The van der Waals surface area contributed by atoms with E-state index in [9.17, 15) is 13.2 Å². The van der Waals surface area contributed by atoms with Crippen LogP contribution in [0.3, 0.4) is 0 Å². The van der Waals surface area contributed by atoms with Crippen molar-refractivity contribution < 1.29 is 22.7 Å². The molecule has 0 spiro atoms. The molecule has 1 aromatic rings. The minimum atomic E-state index is -3.71. The van der Waals surface area contributed by atoms with Gasteiger partial charge in [0, 0.05) is 13.6 Å². The number of sulfonamides is 1. The second-order valence-corrected chi connectivity index (χ2v) is 5.23. The molecule has 90 valence electrons. The van der Waals surface area contributed by atoms with Gasteiger partial charge in [-0.25, -0.2) is 13.2 Å². The predicted octanol–water partition coefficient (Wildman–Crippen LogP) is 1.01. The summed E-state index contributed by atoms with van der Waals surface area (Å²) >= 11 is 0. The van der Waals surface area contributed by atoms with E-state index in [0.717, 1.165) is 16.4 Å². The van der Waals surface area contributed by atoms with E-state index >= 15 is 0 Å². The van der Waals surface area contributed by atoms with Crippen molar-refractivity contribution in [2.24, 2.45) is 0 Å². The number of nitrogens with zero attached hydrogens (tertiary/aromatic N) is 1. The Bertz CT molecular complexity index is 476. The number of hydrogen-bond donors (Lipinski definition) is 1. The summed E-state index contributed by atoms with van der Waals surface area (Å²) in [6.45, 7) is 2.20. The lowest BCUT2D eigenvalue weighted by atomic mass is 10.5. The van der Waals surface area contributed by atoms with Gasteiger partial charge in [0.25, 0.3) is 10.0 Å². The topological polar surface area (TPSA) is 87.8 Å². The predicted molar refractivity (Wildman–Crippen MR) is 55.8 cm³/mol. The third-order valence-corrected chi connectivity index (χ3v) is 3.73. The summed E-state index contributed by atoms with van der Waals surface area (Å²) < 4.78 is 29.5. The van der Waals surface area contributed by atoms with E-state index in [1.54, 1.807) is 0 Å². The van der Waals surface area contributed by atoms with Crippen molar-refractivity contribution in [3.05, 3.63) is 17.9 Å². The molecular weight excluding hydrogens is 234 g/mol. The third kappa shape index (κ3) is 2.42. The monoisotopic (exact) mass is 247 g/mol. The second-order valence-electron chi connectivity index (χ2n) is 3.25. The number of hydrogen-bond acceptors (Lipinski definition) is 4. The fraction of sp³-hybridized carbons (Fsp3) is 0.444. The standard InChI is InChI=1S/C9H13NO5S/c1-3-6-10(2)16(13,14)8-5-4-7(15-8)9(11)12/h4-5H,3,6H2,1-2H3,(H,11,12). The van der Waals surface area contributed by atoms with Crippen LogP contribution in [0.25, 0.3) is 0 Å². The van der Waals surface area contributed by atoms with Gasteiger partial charge >= 0.3 is 5.97 Å². The summed E-state index contributed by atoms with van der Waals surface area (Å²) in [6.07, 6.45) is 0.669. The molecule has 1 aromatic heterocycles. The molecule has 1 rings (SSSR count). The minimum absolute atomic E-state index is 0.346. The first-order valence-corrected chi connectivity index (χ1v) is 6.13. The molecule has 0 unspecified atom stereocenters. The number of carbonyl (C=O) groups is 1. The van der Waals surface area contributed by atoms with E-state index in [-0.39, 0.29) is 10.9 Å². The lowest BCUT2D eigenvalue weighted by Gasteiger charge is -2.13. The lowest BCUT2D eigenvalue weighted by Crippen LogP contribution is -2.27. The fourth-order valence-electron chi connectivity index (χ4n) is 1.16. The van der Waals surface area contributed by atoms with Gasteiger partial charge in [-0.2, -0.15) is 4.31 Å². The Hall–Kier alpha value is -1.34. The zero-order valence-corrected chi connectivity index (χ0v) is 9.82. The first-order chi connectivity index (χ1) is 7.39. The second kappa shape index (κ2) is 4.67. The van der Waals surface area contributed by atoms with Crippen LogP contribution in [-0.4, -0.2) is 37.4 Å². The smallest absolute Gasteiger partial charge is 0.371 e. The Morgan fingerprint density at radius 3 is 2.56 bits per heavy atom. The normalized spacial score (nSPS) is 11.9. The molecule has 0 atom stereocenters. The van der Waals surface area contributed by atoms with Crippen LogP contribution in [0.2, 0.25) is 0 Å². The van der Waals surface area contributed by atoms with Crippen LogP contribution >= 0.6 is 0 Å². The van der Waals surface area contributed by atoms with Crippen LogP contribution in [0, 0.1) is 0 Å². The first kappa shape index (κ1) is 12.7. The highest BCUT2D eigenvalue weighted by molar-refractivity contribution is 7.89. The molecule has 0 saturated carbocycles. The molecule has 0 aliphatic heterocycles. The molecule has 0 aromatic carbocycles. The summed E-state index contributed by atoms with van der Waals surface area (Å²) in [7, 11) is -2.29. The van der Waals surface area contributed by atoms with Gasteiger partial charge in [-0.1, -0.05) is 6.92 Å². The summed E-state index contributed by atoms with van der Waals surface area (Å²) in [6, 6.07) is 2.26. The largest absolute Gasteiger partial charge is 0.475 e. The molecule has 0 amide bonds. The van der Waals surface area contributed by atoms with Gasteiger partial charge in [-0.15, -0.1) is 0 Å². The number of carboxylic acids is 1. The highest BCUT2D eigenvalue weighted by Crippen LogP contribution is 2.17. The quantitative estimate of drug-likeness (QED) is 0.838. The summed E-state index contributed by atoms with van der Waals surface area (Å²) in [5.74, 6) is -1.68. The van der Waals surface area contributed by atoms with Gasteiger partial charge in [-0.05, 0) is 18.6 Å². The molecule has 1 N–H and O–H groups in total. The van der Waals surface area contributed by atoms with E-state index in [1.165, 1.54) is 7.05 Å². The number of furan rings is 1. The van der Waals surface area contributed by atoms with Crippen LogP contribution in [-0.2, 0) is 10.0 Å². The Balaban J connectivity index is 3.03. The molecule has 0 fully saturated rings. The average molecular weight is 247 g/mol. The van der Waals surface area contributed by atoms with Crippen LogP contribution in [0.15, 0.2) is 21.6 Å². The summed E-state index contributed by atoms with van der Waals surface area (Å²) in [5.41, 5.74) is 0. The van der Waals surface area contributed by atoms with Crippen molar-refractivity contribution in [2.75, 3.05) is 13.6 Å². The first-order valence-electron chi connectivity index (χ1n) is 4.69. The van der Waals surface area contributed by atoms with Crippen molar-refractivity contribution in [2.45, 2.75) is 18.4 Å². The number of carboxylic acid groups (broad SMARTS) is 1. The zero-order chi connectivity index (χ0) is 12.3. The Morgan fingerprint density at radius 2 is 2.12 bits per heavy atom. The van der Waals surface area contributed by atoms with Crippen LogP contribution in [0.5, 0.6) is 0 Å². The van der Waals surface area contributed by atoms with Crippen molar-refractivity contribution >= 4 is 16.0 Å². The maximum atomic E-state index is 11.8. The van der Waals surface area contributed by atoms with Crippen LogP contribution in [0.4, 0.5) is 0 Å². The molecule has 0 saturated heterocycles. The van der Waals surface area contributed by atoms with Gasteiger partial charge in [0.2, 0.25) is 10.9 Å². The SMILES string of the molecule is CCCN(C)S(=O)(=O)c1ccc(C(=O)O)o1. The van der Waals surface area contributed by atoms with E-state index in [0.29, 0.717) is 13.0 Å². The molecule has 7 heteroatoms. The highest BCUT2D eigenvalue weighted by Gasteiger charge is 2.25. The molecule has 0 aliphatic carbocycles. The molecular formula is C9H13NO5S. The highest BCUT2D eigenvalue weighted by atomic mass is 32.2. The van der Waals surface area contributed by atoms with Crippen molar-refractivity contribution in [3.63, 3.8) is 0 Å². The maximum Gasteiger partial charge on any atom is 0.371 e. The lowest BCUT2D eigenvalue weighted by molar-refractivity contribution is 0.0656. The molecule has 0 aliphatic rings. The Morgan fingerprint density at radius 1 is 1.50 bits per heavy atom.